The van der Waals surface area contributed by atoms with Crippen LogP contribution in [0, 0.1) is 0 Å². The Hall–Kier alpha value is -0.250. The summed E-state index contributed by atoms with van der Waals surface area (Å²) in [6.45, 7) is 0. The van der Waals surface area contributed by atoms with Crippen LogP contribution in [0.3, 0.4) is 0 Å². The fourth-order valence-electron chi connectivity index (χ4n) is 1.95. The van der Waals surface area contributed by atoms with Gasteiger partial charge in [-0.3, -0.25) is 0 Å². The van der Waals surface area contributed by atoms with Crippen LogP contribution in [0.1, 0.15) is 25.7 Å². The lowest BCUT2D eigenvalue weighted by atomic mass is 9.95. The molecule has 2 unspecified atom stereocenters. The van der Waals surface area contributed by atoms with Gasteiger partial charge in [0.1, 0.15) is 11.9 Å². The molecule has 0 bridgehead atoms. The van der Waals surface area contributed by atoms with E-state index in [0.717, 1.165) is 30.2 Å². The minimum absolute atomic E-state index is 0.124. The van der Waals surface area contributed by atoms with E-state index >= 15 is 0 Å². The highest BCUT2D eigenvalue weighted by Crippen LogP contribution is 2.31. The van der Waals surface area contributed by atoms with Crippen molar-refractivity contribution in [2.45, 2.75) is 37.9 Å². The first kappa shape index (κ1) is 12.2. The molecule has 0 aliphatic heterocycles. The summed E-state index contributed by atoms with van der Waals surface area (Å²) in [5.74, 6) is 0.641. The van der Waals surface area contributed by atoms with Crippen molar-refractivity contribution in [1.29, 1.82) is 0 Å². The topological polar surface area (TPSA) is 29.5 Å². The molecular formula is C12H14BrClO2. The molecule has 0 radical (unpaired) electrons. The van der Waals surface area contributed by atoms with Crippen LogP contribution >= 0.6 is 27.5 Å². The molecule has 0 amide bonds. The van der Waals surface area contributed by atoms with E-state index in [1.165, 1.54) is 0 Å². The van der Waals surface area contributed by atoms with Gasteiger partial charge in [0, 0.05) is 4.47 Å². The van der Waals surface area contributed by atoms with Crippen LogP contribution < -0.4 is 4.74 Å². The van der Waals surface area contributed by atoms with Gasteiger partial charge in [0.15, 0.2) is 0 Å². The normalized spacial score (nSPS) is 25.4. The predicted molar refractivity (Wildman–Crippen MR) is 68.0 cm³/mol. The van der Waals surface area contributed by atoms with Crippen molar-refractivity contribution in [3.8, 4) is 5.75 Å². The van der Waals surface area contributed by atoms with E-state index in [1.807, 2.05) is 12.1 Å². The van der Waals surface area contributed by atoms with Crippen LogP contribution in [-0.4, -0.2) is 17.3 Å². The smallest absolute Gasteiger partial charge is 0.139 e. The maximum Gasteiger partial charge on any atom is 0.139 e. The van der Waals surface area contributed by atoms with E-state index in [1.54, 1.807) is 6.07 Å². The number of benzene rings is 1. The molecule has 1 aliphatic carbocycles. The molecule has 1 N–H and O–H groups in total. The average Bonchev–Trinajstić information content (AvgIpc) is 2.27. The maximum absolute atomic E-state index is 9.81. The fraction of sp³-hybridized carbons (Fsp3) is 0.500. The SMILES string of the molecule is OC1CCCCC1Oc1cc(Br)ccc1Cl. The Bertz CT molecular complexity index is 370. The summed E-state index contributed by atoms with van der Waals surface area (Å²) in [6, 6.07) is 5.49. The molecule has 0 saturated heterocycles. The zero-order valence-electron chi connectivity index (χ0n) is 8.83. The standard InChI is InChI=1S/C12H14BrClO2/c13-8-5-6-9(14)12(7-8)16-11-4-2-1-3-10(11)15/h5-7,10-11,15H,1-4H2. The fourth-order valence-corrected chi connectivity index (χ4v) is 2.45. The third kappa shape index (κ3) is 2.90. The third-order valence-electron chi connectivity index (χ3n) is 2.84. The molecule has 2 atom stereocenters. The lowest BCUT2D eigenvalue weighted by molar-refractivity contribution is 0.00690. The molecule has 16 heavy (non-hydrogen) atoms. The van der Waals surface area contributed by atoms with Crippen molar-refractivity contribution >= 4 is 27.5 Å². The zero-order chi connectivity index (χ0) is 11.5. The highest BCUT2D eigenvalue weighted by atomic mass is 79.9. The number of halogens is 2. The minimum atomic E-state index is -0.371. The Kier molecular flexibility index (Phi) is 4.11. The highest BCUT2D eigenvalue weighted by molar-refractivity contribution is 9.10. The molecule has 1 saturated carbocycles. The van der Waals surface area contributed by atoms with Crippen LogP contribution in [0.25, 0.3) is 0 Å². The first-order chi connectivity index (χ1) is 7.66. The van der Waals surface area contributed by atoms with E-state index in [9.17, 15) is 5.11 Å². The number of rotatable bonds is 2. The molecule has 1 aromatic rings. The molecule has 1 aromatic carbocycles. The summed E-state index contributed by atoms with van der Waals surface area (Å²) in [5.41, 5.74) is 0. The molecule has 2 rings (SSSR count). The Morgan fingerprint density at radius 3 is 2.81 bits per heavy atom. The molecule has 1 aliphatic rings. The molecule has 0 spiro atoms. The van der Waals surface area contributed by atoms with Crippen LogP contribution in [0.4, 0.5) is 0 Å². The summed E-state index contributed by atoms with van der Waals surface area (Å²) in [7, 11) is 0. The summed E-state index contributed by atoms with van der Waals surface area (Å²) < 4.78 is 6.70. The molecule has 0 aromatic heterocycles. The second kappa shape index (κ2) is 5.39. The van der Waals surface area contributed by atoms with E-state index < -0.39 is 0 Å². The van der Waals surface area contributed by atoms with Gasteiger partial charge in [-0.2, -0.15) is 0 Å². The van der Waals surface area contributed by atoms with Gasteiger partial charge in [0.05, 0.1) is 11.1 Å². The Morgan fingerprint density at radius 2 is 2.06 bits per heavy atom. The Labute approximate surface area is 109 Å². The van der Waals surface area contributed by atoms with E-state index in [0.29, 0.717) is 10.8 Å². The number of hydrogen-bond acceptors (Lipinski definition) is 2. The van der Waals surface area contributed by atoms with Gasteiger partial charge < -0.3 is 9.84 Å². The molecule has 1 fully saturated rings. The Balaban J connectivity index is 2.10. The predicted octanol–water partition coefficient (Wildman–Crippen LogP) is 3.78. The molecule has 88 valence electrons. The largest absolute Gasteiger partial charge is 0.486 e. The van der Waals surface area contributed by atoms with Crippen LogP contribution in [0.15, 0.2) is 22.7 Å². The van der Waals surface area contributed by atoms with Crippen molar-refractivity contribution in [3.05, 3.63) is 27.7 Å². The van der Waals surface area contributed by atoms with E-state index in [-0.39, 0.29) is 12.2 Å². The van der Waals surface area contributed by atoms with Crippen LogP contribution in [0.2, 0.25) is 5.02 Å². The van der Waals surface area contributed by atoms with Gasteiger partial charge in [-0.25, -0.2) is 0 Å². The van der Waals surface area contributed by atoms with Gasteiger partial charge in [0.25, 0.3) is 0 Å². The van der Waals surface area contributed by atoms with Crippen molar-refractivity contribution in [1.82, 2.24) is 0 Å². The monoisotopic (exact) mass is 304 g/mol. The van der Waals surface area contributed by atoms with Gasteiger partial charge in [-0.05, 0) is 37.5 Å². The van der Waals surface area contributed by atoms with Gasteiger partial charge in [0.2, 0.25) is 0 Å². The third-order valence-corrected chi connectivity index (χ3v) is 3.64. The summed E-state index contributed by atoms with van der Waals surface area (Å²) in [5, 5.41) is 10.4. The van der Waals surface area contributed by atoms with Crippen molar-refractivity contribution in [2.75, 3.05) is 0 Å². The number of ether oxygens (including phenoxy) is 1. The van der Waals surface area contributed by atoms with E-state index in [2.05, 4.69) is 15.9 Å². The number of aliphatic hydroxyl groups is 1. The van der Waals surface area contributed by atoms with Gasteiger partial charge >= 0.3 is 0 Å². The minimum Gasteiger partial charge on any atom is -0.486 e. The van der Waals surface area contributed by atoms with Crippen molar-refractivity contribution < 1.29 is 9.84 Å². The lowest BCUT2D eigenvalue weighted by Crippen LogP contribution is -2.34. The quantitative estimate of drug-likeness (QED) is 0.901. The van der Waals surface area contributed by atoms with Crippen molar-refractivity contribution in [3.63, 3.8) is 0 Å². The first-order valence-corrected chi connectivity index (χ1v) is 6.63. The number of aliphatic hydroxyl groups excluding tert-OH is 1. The molecular weight excluding hydrogens is 291 g/mol. The first-order valence-electron chi connectivity index (χ1n) is 5.46. The van der Waals surface area contributed by atoms with Gasteiger partial charge in [-0.1, -0.05) is 34.0 Å². The summed E-state index contributed by atoms with van der Waals surface area (Å²) in [6.07, 6.45) is 3.39. The number of hydrogen-bond donors (Lipinski definition) is 1. The maximum atomic E-state index is 9.81. The van der Waals surface area contributed by atoms with Crippen LogP contribution in [-0.2, 0) is 0 Å². The molecule has 4 heteroatoms. The Morgan fingerprint density at radius 1 is 1.31 bits per heavy atom. The van der Waals surface area contributed by atoms with E-state index in [4.69, 9.17) is 16.3 Å². The average molecular weight is 306 g/mol. The lowest BCUT2D eigenvalue weighted by Gasteiger charge is -2.28. The zero-order valence-corrected chi connectivity index (χ0v) is 11.2. The summed E-state index contributed by atoms with van der Waals surface area (Å²) >= 11 is 9.41. The highest BCUT2D eigenvalue weighted by Gasteiger charge is 2.25. The second-order valence-electron chi connectivity index (χ2n) is 4.08. The second-order valence-corrected chi connectivity index (χ2v) is 5.41. The van der Waals surface area contributed by atoms with Gasteiger partial charge in [-0.15, -0.1) is 0 Å². The molecule has 0 heterocycles. The van der Waals surface area contributed by atoms with Crippen molar-refractivity contribution in [2.24, 2.45) is 0 Å². The van der Waals surface area contributed by atoms with Crippen LogP contribution in [0.5, 0.6) is 5.75 Å². The molecule has 2 nitrogen and oxygen atoms in total. The summed E-state index contributed by atoms with van der Waals surface area (Å²) in [4.78, 5) is 0.